The first-order chi connectivity index (χ1) is 18.9. The number of carbonyl (C=O) groups is 3. The number of nitrogens with zero attached hydrogens (tertiary/aromatic N) is 2. The average molecular weight is 643 g/mol. The Bertz CT molecular complexity index is 1450. The van der Waals surface area contributed by atoms with E-state index in [1.54, 1.807) is 13.8 Å². The van der Waals surface area contributed by atoms with Crippen molar-refractivity contribution < 1.29 is 42.2 Å². The van der Waals surface area contributed by atoms with Gasteiger partial charge in [0.2, 0.25) is 5.12 Å². The molecule has 2 atom stereocenters. The average Bonchev–Trinajstić information content (AvgIpc) is 3.62. The molecule has 0 saturated heterocycles. The van der Waals surface area contributed by atoms with Crippen LogP contribution in [0.3, 0.4) is 0 Å². The van der Waals surface area contributed by atoms with Gasteiger partial charge in [-0.2, -0.15) is 13.2 Å². The van der Waals surface area contributed by atoms with E-state index in [0.717, 1.165) is 49.6 Å². The molecule has 2 aromatic rings. The van der Waals surface area contributed by atoms with Gasteiger partial charge < -0.3 is 10.2 Å². The van der Waals surface area contributed by atoms with Crippen molar-refractivity contribution in [1.82, 2.24) is 9.13 Å². The molecule has 2 unspecified atom stereocenters. The van der Waals surface area contributed by atoms with Crippen LogP contribution in [0.2, 0.25) is 5.02 Å². The molecule has 0 amide bonds. The van der Waals surface area contributed by atoms with Gasteiger partial charge >= 0.3 is 17.8 Å². The van der Waals surface area contributed by atoms with Crippen LogP contribution < -0.4 is 11.2 Å². The number of hydrogen-bond donors (Lipinski definition) is 2. The Morgan fingerprint density at radius 3 is 2.17 bits per heavy atom. The van der Waals surface area contributed by atoms with Gasteiger partial charge in [0.25, 0.3) is 11.5 Å². The lowest BCUT2D eigenvalue weighted by Crippen LogP contribution is -2.41. The van der Waals surface area contributed by atoms with Gasteiger partial charge in [-0.25, -0.2) is 13.8 Å². The summed E-state index contributed by atoms with van der Waals surface area (Å²) in [5, 5.41) is 15.7. The molecule has 1 aliphatic carbocycles. The van der Waals surface area contributed by atoms with E-state index in [9.17, 15) is 41.8 Å². The number of halogens is 5. The van der Waals surface area contributed by atoms with Gasteiger partial charge in [0, 0.05) is 30.7 Å². The zero-order chi connectivity index (χ0) is 31.4. The minimum absolute atomic E-state index is 0.122. The Morgan fingerprint density at radius 2 is 1.71 bits per heavy atom. The first-order valence-corrected chi connectivity index (χ1v) is 14.3. The van der Waals surface area contributed by atoms with Crippen LogP contribution in [-0.4, -0.2) is 47.4 Å². The van der Waals surface area contributed by atoms with Crippen molar-refractivity contribution in [1.29, 1.82) is 0 Å². The molecule has 16 heteroatoms. The summed E-state index contributed by atoms with van der Waals surface area (Å²) in [4.78, 5) is 58.4. The van der Waals surface area contributed by atoms with Crippen molar-refractivity contribution >= 4 is 52.2 Å². The molecule has 226 valence electrons. The fourth-order valence-corrected chi connectivity index (χ4v) is 6.71. The van der Waals surface area contributed by atoms with E-state index in [1.165, 1.54) is 0 Å². The second kappa shape index (κ2) is 13.5. The predicted octanol–water partition coefficient (Wildman–Crippen LogP) is 5.07. The molecular weight excluding hydrogens is 616 g/mol. The Balaban J connectivity index is 0.00000138. The van der Waals surface area contributed by atoms with Crippen LogP contribution in [0.5, 0.6) is 0 Å². The molecule has 1 fully saturated rings. The second-order valence-electron chi connectivity index (χ2n) is 9.32. The molecule has 0 aliphatic heterocycles. The highest BCUT2D eigenvalue weighted by Gasteiger charge is 2.51. The Labute approximate surface area is 244 Å². The molecule has 9 nitrogen and oxygen atoms in total. The molecule has 0 spiro atoms. The molecule has 3 rings (SSSR count). The normalized spacial score (nSPS) is 15.3. The van der Waals surface area contributed by atoms with Gasteiger partial charge in [0.15, 0.2) is 0 Å². The van der Waals surface area contributed by atoms with Crippen molar-refractivity contribution in [3.05, 3.63) is 55.6 Å². The number of benzene rings is 1. The molecule has 0 bridgehead atoms. The molecule has 41 heavy (non-hydrogen) atoms. The zero-order valence-corrected chi connectivity index (χ0v) is 24.6. The number of hydrogen-bond acceptors (Lipinski definition) is 7. The van der Waals surface area contributed by atoms with Crippen LogP contribution in [0.15, 0.2) is 32.7 Å². The highest BCUT2D eigenvalue weighted by Crippen LogP contribution is 2.55. The summed E-state index contributed by atoms with van der Waals surface area (Å²) in [7, 11) is 0.808. The summed E-state index contributed by atoms with van der Waals surface area (Å²) in [6.45, 7) is 4.43. The topological polar surface area (TPSA) is 136 Å². The number of alkyl halides is 3. The molecular formula is C25H27ClF4N2O7S2. The standard InChI is InChI=1S/C23H23ClF4N2O5S2.C2H4O2/c1-4-12(19(32)33)22(5-6-22)10-36-20(34)11(2)37-16-8-15(14(25)7-13(16)24)30-18(31)9-17(23(26,27)28)29(3)21(30)35;1-2(3)4/h7-9,11-12H,4-6,10H2,1-3H3,(H,32,33);1H3,(H,3,4). The molecule has 0 radical (unpaired) electrons. The fourth-order valence-electron chi connectivity index (χ4n) is 4.09. The van der Waals surface area contributed by atoms with Crippen molar-refractivity contribution in [2.24, 2.45) is 18.4 Å². The molecule has 2 N–H and O–H groups in total. The van der Waals surface area contributed by atoms with Crippen LogP contribution in [0.4, 0.5) is 17.6 Å². The number of carboxylic acids is 2. The van der Waals surface area contributed by atoms with Gasteiger partial charge in [0.1, 0.15) is 11.5 Å². The number of carbonyl (C=O) groups excluding carboxylic acids is 1. The summed E-state index contributed by atoms with van der Waals surface area (Å²) in [6, 6.07) is 2.04. The first kappa shape index (κ1) is 34.4. The molecule has 1 heterocycles. The van der Waals surface area contributed by atoms with E-state index in [1.807, 2.05) is 0 Å². The Kier molecular flexibility index (Phi) is 11.3. The van der Waals surface area contributed by atoms with Crippen LogP contribution >= 0.6 is 35.1 Å². The number of carboxylic acid groups (broad SMARTS) is 2. The fraction of sp³-hybridized carbons (Fsp3) is 0.480. The molecule has 1 aromatic carbocycles. The van der Waals surface area contributed by atoms with Crippen LogP contribution in [0, 0.1) is 17.2 Å². The summed E-state index contributed by atoms with van der Waals surface area (Å²) in [5.74, 6) is -3.06. The Hall–Kier alpha value is -2.78. The lowest BCUT2D eigenvalue weighted by atomic mass is 9.88. The lowest BCUT2D eigenvalue weighted by Gasteiger charge is -2.22. The third-order valence-electron chi connectivity index (χ3n) is 6.33. The van der Waals surface area contributed by atoms with E-state index >= 15 is 0 Å². The van der Waals surface area contributed by atoms with Crippen molar-refractivity contribution in [3.8, 4) is 5.69 Å². The Morgan fingerprint density at radius 1 is 1.15 bits per heavy atom. The number of thioether (sulfide) groups is 2. The van der Waals surface area contributed by atoms with Gasteiger partial charge in [-0.3, -0.25) is 23.7 Å². The number of aromatic nitrogens is 2. The molecule has 1 aliphatic rings. The zero-order valence-electron chi connectivity index (χ0n) is 22.3. The van der Waals surface area contributed by atoms with Crippen LogP contribution in [0.1, 0.15) is 45.7 Å². The molecule has 1 aromatic heterocycles. The summed E-state index contributed by atoms with van der Waals surface area (Å²) in [5.41, 5.74) is -5.32. The SMILES string of the molecule is CC(=O)O.CCC(C(=O)O)C1(CSC(=O)C(C)Sc2cc(-n3c(=O)cc(C(F)(F)F)n(C)c3=O)c(F)cc2Cl)CC1. The maximum absolute atomic E-state index is 14.7. The van der Waals surface area contributed by atoms with E-state index in [-0.39, 0.29) is 30.2 Å². The second-order valence-corrected chi connectivity index (χ2v) is 12.1. The van der Waals surface area contributed by atoms with Crippen molar-refractivity contribution in [2.75, 3.05) is 5.75 Å². The monoisotopic (exact) mass is 642 g/mol. The number of aliphatic carboxylic acids is 2. The quantitative estimate of drug-likeness (QED) is 0.284. The summed E-state index contributed by atoms with van der Waals surface area (Å²) >= 11 is 8.05. The van der Waals surface area contributed by atoms with E-state index < -0.39 is 63.1 Å². The van der Waals surface area contributed by atoms with Crippen molar-refractivity contribution in [3.63, 3.8) is 0 Å². The van der Waals surface area contributed by atoms with Gasteiger partial charge in [-0.15, -0.1) is 11.8 Å². The highest BCUT2D eigenvalue weighted by molar-refractivity contribution is 8.16. The summed E-state index contributed by atoms with van der Waals surface area (Å²) < 4.78 is 54.6. The van der Waals surface area contributed by atoms with Gasteiger partial charge in [-0.05, 0) is 43.7 Å². The highest BCUT2D eigenvalue weighted by atomic mass is 35.5. The predicted molar refractivity (Wildman–Crippen MR) is 146 cm³/mol. The smallest absolute Gasteiger partial charge is 0.431 e. The van der Waals surface area contributed by atoms with Crippen molar-refractivity contribution in [2.45, 2.75) is 56.4 Å². The van der Waals surface area contributed by atoms with E-state index in [4.69, 9.17) is 21.5 Å². The minimum Gasteiger partial charge on any atom is -0.481 e. The van der Waals surface area contributed by atoms with E-state index in [2.05, 4.69) is 0 Å². The maximum atomic E-state index is 14.7. The van der Waals surface area contributed by atoms with Crippen LogP contribution in [0.25, 0.3) is 5.69 Å². The number of rotatable bonds is 9. The van der Waals surface area contributed by atoms with Gasteiger partial charge in [-0.1, -0.05) is 30.3 Å². The lowest BCUT2D eigenvalue weighted by molar-refractivity contribution is -0.145. The summed E-state index contributed by atoms with van der Waals surface area (Å²) in [6.07, 6.45) is -3.10. The molecule has 1 saturated carbocycles. The van der Waals surface area contributed by atoms with E-state index in [0.29, 0.717) is 25.0 Å². The minimum atomic E-state index is -4.97. The largest absolute Gasteiger partial charge is 0.481 e. The maximum Gasteiger partial charge on any atom is 0.431 e. The third kappa shape index (κ3) is 8.38. The first-order valence-electron chi connectivity index (χ1n) is 12.0. The third-order valence-corrected chi connectivity index (χ3v) is 9.42. The van der Waals surface area contributed by atoms with Crippen LogP contribution in [-0.2, 0) is 27.6 Å². The van der Waals surface area contributed by atoms with Gasteiger partial charge in [0.05, 0.1) is 21.9 Å².